The van der Waals surface area contributed by atoms with E-state index in [0.29, 0.717) is 30.9 Å². The highest BCUT2D eigenvalue weighted by Crippen LogP contribution is 2.18. The molecule has 2 atom stereocenters. The van der Waals surface area contributed by atoms with Gasteiger partial charge in [-0.25, -0.2) is 0 Å². The van der Waals surface area contributed by atoms with E-state index >= 15 is 0 Å². The summed E-state index contributed by atoms with van der Waals surface area (Å²) < 4.78 is 0. The smallest absolute Gasteiger partial charge is 0.272 e. The van der Waals surface area contributed by atoms with E-state index in [4.69, 9.17) is 5.73 Å². The van der Waals surface area contributed by atoms with E-state index in [9.17, 15) is 9.90 Å². The van der Waals surface area contributed by atoms with Gasteiger partial charge in [0.1, 0.15) is 5.69 Å². The summed E-state index contributed by atoms with van der Waals surface area (Å²) in [6, 6.07) is 3.23. The molecule has 2 rings (SSSR count). The van der Waals surface area contributed by atoms with Crippen LogP contribution in [0.5, 0.6) is 0 Å². The number of nitrogens with zero attached hydrogens (tertiary/aromatic N) is 2. The summed E-state index contributed by atoms with van der Waals surface area (Å²) in [5.74, 6) is -0.00944. The Morgan fingerprint density at radius 2 is 2.41 bits per heavy atom. The molecule has 0 bridgehead atoms. The molecule has 1 aromatic rings. The number of anilines is 1. The van der Waals surface area contributed by atoms with Crippen molar-refractivity contribution in [3.05, 3.63) is 24.0 Å². The molecule has 1 saturated heterocycles. The topological polar surface area (TPSA) is 79.5 Å². The molecule has 0 aromatic carbocycles. The van der Waals surface area contributed by atoms with Crippen LogP contribution < -0.4 is 5.73 Å². The first-order valence-electron chi connectivity index (χ1n) is 5.77. The second kappa shape index (κ2) is 4.71. The van der Waals surface area contributed by atoms with Crippen LogP contribution in [-0.2, 0) is 0 Å². The summed E-state index contributed by atoms with van der Waals surface area (Å²) in [6.45, 7) is 3.08. The van der Waals surface area contributed by atoms with Gasteiger partial charge in [-0.15, -0.1) is 0 Å². The maximum Gasteiger partial charge on any atom is 0.272 e. The van der Waals surface area contributed by atoms with Crippen molar-refractivity contribution < 1.29 is 9.90 Å². The lowest BCUT2D eigenvalue weighted by Gasteiger charge is -2.34. The zero-order valence-corrected chi connectivity index (χ0v) is 9.84. The van der Waals surface area contributed by atoms with Gasteiger partial charge in [-0.2, -0.15) is 0 Å². The van der Waals surface area contributed by atoms with Crippen molar-refractivity contribution in [2.45, 2.75) is 19.4 Å². The van der Waals surface area contributed by atoms with Crippen LogP contribution in [0.1, 0.15) is 23.8 Å². The third kappa shape index (κ3) is 2.55. The number of amides is 1. The monoisotopic (exact) mass is 235 g/mol. The number of carbonyl (C=O) groups is 1. The fourth-order valence-corrected chi connectivity index (χ4v) is 2.04. The van der Waals surface area contributed by atoms with Crippen molar-refractivity contribution in [1.29, 1.82) is 0 Å². The minimum absolute atomic E-state index is 0.105. The Hall–Kier alpha value is -1.62. The van der Waals surface area contributed by atoms with Crippen LogP contribution in [0.3, 0.4) is 0 Å². The Morgan fingerprint density at radius 1 is 1.65 bits per heavy atom. The van der Waals surface area contributed by atoms with Crippen LogP contribution in [0.4, 0.5) is 5.69 Å². The third-order valence-corrected chi connectivity index (χ3v) is 3.15. The molecule has 5 nitrogen and oxygen atoms in total. The molecule has 1 aliphatic heterocycles. The molecule has 1 fully saturated rings. The quantitative estimate of drug-likeness (QED) is 0.743. The molecule has 2 unspecified atom stereocenters. The third-order valence-electron chi connectivity index (χ3n) is 3.15. The number of hydrogen-bond acceptors (Lipinski definition) is 4. The number of likely N-dealkylation sites (tertiary alicyclic amines) is 1. The molecule has 0 spiro atoms. The number of nitrogen functional groups attached to an aromatic ring is 1. The fourth-order valence-electron chi connectivity index (χ4n) is 2.04. The molecule has 0 saturated carbocycles. The first-order chi connectivity index (χ1) is 8.08. The maximum atomic E-state index is 12.1. The molecule has 5 heteroatoms. The number of nitrogens with two attached hydrogens (primary N) is 1. The van der Waals surface area contributed by atoms with E-state index in [-0.39, 0.29) is 17.9 Å². The normalized spacial score (nSPS) is 24.7. The van der Waals surface area contributed by atoms with Crippen molar-refractivity contribution in [3.8, 4) is 0 Å². The van der Waals surface area contributed by atoms with Crippen LogP contribution in [0, 0.1) is 5.92 Å². The molecule has 1 aromatic heterocycles. The number of aliphatic hydroxyl groups excluding tert-OH is 1. The predicted octanol–water partition coefficient (Wildman–Crippen LogP) is 0.507. The molecule has 3 N–H and O–H groups in total. The summed E-state index contributed by atoms with van der Waals surface area (Å²) in [5.41, 5.74) is 6.53. The zero-order valence-electron chi connectivity index (χ0n) is 9.84. The first kappa shape index (κ1) is 11.9. The highest BCUT2D eigenvalue weighted by atomic mass is 16.3. The van der Waals surface area contributed by atoms with Gasteiger partial charge in [0.25, 0.3) is 5.91 Å². The van der Waals surface area contributed by atoms with Gasteiger partial charge in [0.2, 0.25) is 0 Å². The molecule has 0 radical (unpaired) electrons. The van der Waals surface area contributed by atoms with Crippen LogP contribution in [-0.4, -0.2) is 40.1 Å². The largest absolute Gasteiger partial charge is 0.399 e. The standard InChI is InChI=1S/C12H17N3O2/c1-8-7-15(5-3-11(8)16)12(17)10-6-9(13)2-4-14-10/h2,4,6,8,11,16H,3,5,7H2,1H3,(H2,13,14). The number of pyridine rings is 1. The van der Waals surface area contributed by atoms with Crippen LogP contribution in [0.15, 0.2) is 18.3 Å². The summed E-state index contributed by atoms with van der Waals surface area (Å²) >= 11 is 0. The summed E-state index contributed by atoms with van der Waals surface area (Å²) in [7, 11) is 0. The Morgan fingerprint density at radius 3 is 3.06 bits per heavy atom. The van der Waals surface area contributed by atoms with Gasteiger partial charge in [-0.05, 0) is 24.5 Å². The Balaban J connectivity index is 2.10. The minimum atomic E-state index is -0.312. The minimum Gasteiger partial charge on any atom is -0.399 e. The fraction of sp³-hybridized carbons (Fsp3) is 0.500. The lowest BCUT2D eigenvalue weighted by molar-refractivity contribution is 0.0294. The molecule has 0 aliphatic carbocycles. The summed E-state index contributed by atoms with van der Waals surface area (Å²) in [6.07, 6.45) is 1.84. The maximum absolute atomic E-state index is 12.1. The Kier molecular flexibility index (Phi) is 3.28. The van der Waals surface area contributed by atoms with Crippen molar-refractivity contribution >= 4 is 11.6 Å². The number of rotatable bonds is 1. The lowest BCUT2D eigenvalue weighted by atomic mass is 9.96. The Labute approximate surface area is 100 Å². The van der Waals surface area contributed by atoms with Crippen molar-refractivity contribution in [2.24, 2.45) is 5.92 Å². The van der Waals surface area contributed by atoms with Crippen molar-refractivity contribution in [1.82, 2.24) is 9.88 Å². The SMILES string of the molecule is CC1CN(C(=O)c2cc(N)ccn2)CCC1O. The van der Waals surface area contributed by atoms with Crippen LogP contribution in [0.2, 0.25) is 0 Å². The van der Waals surface area contributed by atoms with E-state index in [0.717, 1.165) is 0 Å². The van der Waals surface area contributed by atoms with Gasteiger partial charge in [-0.3, -0.25) is 9.78 Å². The van der Waals surface area contributed by atoms with Gasteiger partial charge in [0, 0.05) is 25.0 Å². The lowest BCUT2D eigenvalue weighted by Crippen LogP contribution is -2.45. The highest BCUT2D eigenvalue weighted by molar-refractivity contribution is 5.93. The van der Waals surface area contributed by atoms with Gasteiger partial charge in [0.15, 0.2) is 0 Å². The number of aromatic nitrogens is 1. The second-order valence-corrected chi connectivity index (χ2v) is 4.56. The number of carbonyl (C=O) groups excluding carboxylic acids is 1. The highest BCUT2D eigenvalue weighted by Gasteiger charge is 2.28. The van der Waals surface area contributed by atoms with Gasteiger partial charge in [-0.1, -0.05) is 6.92 Å². The average molecular weight is 235 g/mol. The van der Waals surface area contributed by atoms with E-state index in [1.54, 1.807) is 17.0 Å². The second-order valence-electron chi connectivity index (χ2n) is 4.56. The van der Waals surface area contributed by atoms with Gasteiger partial charge < -0.3 is 15.7 Å². The molecule has 92 valence electrons. The van der Waals surface area contributed by atoms with E-state index in [1.807, 2.05) is 6.92 Å². The number of hydrogen-bond donors (Lipinski definition) is 2. The van der Waals surface area contributed by atoms with E-state index < -0.39 is 0 Å². The molecule has 1 amide bonds. The molecule has 2 heterocycles. The zero-order chi connectivity index (χ0) is 12.4. The van der Waals surface area contributed by atoms with Crippen molar-refractivity contribution in [2.75, 3.05) is 18.8 Å². The molecule has 1 aliphatic rings. The predicted molar refractivity (Wildman–Crippen MR) is 64.3 cm³/mol. The summed E-state index contributed by atoms with van der Waals surface area (Å²) in [5, 5.41) is 9.62. The van der Waals surface area contributed by atoms with E-state index in [2.05, 4.69) is 4.98 Å². The molecular formula is C12H17N3O2. The van der Waals surface area contributed by atoms with Crippen molar-refractivity contribution in [3.63, 3.8) is 0 Å². The van der Waals surface area contributed by atoms with Crippen LogP contribution in [0.25, 0.3) is 0 Å². The van der Waals surface area contributed by atoms with Gasteiger partial charge >= 0.3 is 0 Å². The molecular weight excluding hydrogens is 218 g/mol. The first-order valence-corrected chi connectivity index (χ1v) is 5.77. The Bertz CT molecular complexity index is 422. The number of piperidine rings is 1. The van der Waals surface area contributed by atoms with Crippen LogP contribution >= 0.6 is 0 Å². The van der Waals surface area contributed by atoms with Gasteiger partial charge in [0.05, 0.1) is 6.10 Å². The number of aliphatic hydroxyl groups is 1. The average Bonchev–Trinajstić information content (AvgIpc) is 2.32. The van der Waals surface area contributed by atoms with E-state index in [1.165, 1.54) is 6.20 Å². The molecule has 17 heavy (non-hydrogen) atoms. The summed E-state index contributed by atoms with van der Waals surface area (Å²) in [4.78, 5) is 17.9.